The maximum Gasteiger partial charge on any atom is 0.0595 e. The van der Waals surface area contributed by atoms with Crippen LogP contribution < -0.4 is 5.32 Å². The molecule has 1 aromatic carbocycles. The Morgan fingerprint density at radius 3 is 2.78 bits per heavy atom. The zero-order chi connectivity index (χ0) is 13.2. The Morgan fingerprint density at radius 1 is 1.39 bits per heavy atom. The lowest BCUT2D eigenvalue weighted by atomic mass is 9.68. The average molecular weight is 288 g/mol. The molecule has 1 saturated carbocycles. The summed E-state index contributed by atoms with van der Waals surface area (Å²) in [7, 11) is 1.94. The van der Waals surface area contributed by atoms with Gasteiger partial charge in [0.25, 0.3) is 0 Å². The van der Waals surface area contributed by atoms with Crippen molar-refractivity contribution in [1.29, 1.82) is 0 Å². The molecular weight excluding hydrogens is 269 g/mol. The summed E-state index contributed by atoms with van der Waals surface area (Å²) in [6.45, 7) is 0.849. The maximum absolute atomic E-state index is 9.97. The summed E-state index contributed by atoms with van der Waals surface area (Å²) in [6.07, 6.45) is 3.58. The Hall–Kier alpha value is -0.280. The van der Waals surface area contributed by atoms with Gasteiger partial charge in [-0.25, -0.2) is 0 Å². The van der Waals surface area contributed by atoms with Gasteiger partial charge in [-0.2, -0.15) is 0 Å². The van der Waals surface area contributed by atoms with E-state index in [1.807, 2.05) is 25.2 Å². The van der Waals surface area contributed by atoms with E-state index in [0.29, 0.717) is 10.0 Å². The van der Waals surface area contributed by atoms with Gasteiger partial charge in [0.15, 0.2) is 0 Å². The molecule has 0 saturated heterocycles. The van der Waals surface area contributed by atoms with Crippen molar-refractivity contribution in [3.05, 3.63) is 33.8 Å². The molecule has 0 heterocycles. The van der Waals surface area contributed by atoms with Crippen molar-refractivity contribution in [3.8, 4) is 0 Å². The van der Waals surface area contributed by atoms with E-state index in [1.165, 1.54) is 5.56 Å². The first-order chi connectivity index (χ1) is 8.57. The van der Waals surface area contributed by atoms with Gasteiger partial charge in [0.2, 0.25) is 0 Å². The number of aliphatic hydroxyl groups excluding tert-OH is 1. The van der Waals surface area contributed by atoms with Gasteiger partial charge >= 0.3 is 0 Å². The Balaban J connectivity index is 2.36. The van der Waals surface area contributed by atoms with Gasteiger partial charge in [0.05, 0.1) is 16.1 Å². The zero-order valence-corrected chi connectivity index (χ0v) is 12.1. The van der Waals surface area contributed by atoms with Crippen LogP contribution in [0.3, 0.4) is 0 Å². The minimum atomic E-state index is -0.221. The van der Waals surface area contributed by atoms with E-state index in [2.05, 4.69) is 5.32 Å². The lowest BCUT2D eigenvalue weighted by molar-refractivity contribution is 0.0845. The molecule has 1 fully saturated rings. The SMILES string of the molecule is CNCC1(c2ccc(Cl)c(Cl)c2)CCCC(O)C1. The number of hydrogen-bond acceptors (Lipinski definition) is 2. The van der Waals surface area contributed by atoms with Crippen LogP contribution in [0.2, 0.25) is 10.0 Å². The molecule has 2 N–H and O–H groups in total. The fourth-order valence-corrected chi connectivity index (χ4v) is 3.32. The van der Waals surface area contributed by atoms with Crippen LogP contribution in [0.5, 0.6) is 0 Å². The van der Waals surface area contributed by atoms with Crippen molar-refractivity contribution in [2.24, 2.45) is 0 Å². The highest BCUT2D eigenvalue weighted by Gasteiger charge is 2.37. The molecule has 0 amide bonds. The molecule has 2 unspecified atom stereocenters. The smallest absolute Gasteiger partial charge is 0.0595 e. The van der Waals surface area contributed by atoms with Crippen LogP contribution in [0.15, 0.2) is 18.2 Å². The van der Waals surface area contributed by atoms with E-state index in [-0.39, 0.29) is 11.5 Å². The zero-order valence-electron chi connectivity index (χ0n) is 10.5. The van der Waals surface area contributed by atoms with Crippen molar-refractivity contribution in [2.75, 3.05) is 13.6 Å². The molecule has 2 nitrogen and oxygen atoms in total. The Labute approximate surface area is 118 Å². The highest BCUT2D eigenvalue weighted by Crippen LogP contribution is 2.40. The lowest BCUT2D eigenvalue weighted by Crippen LogP contribution is -2.42. The number of likely N-dealkylation sites (N-methyl/N-ethyl adjacent to an activating group) is 1. The molecule has 1 aliphatic rings. The quantitative estimate of drug-likeness (QED) is 0.893. The second-order valence-electron chi connectivity index (χ2n) is 5.19. The van der Waals surface area contributed by atoms with Crippen LogP contribution in [-0.2, 0) is 5.41 Å². The molecule has 1 aliphatic carbocycles. The minimum absolute atomic E-state index is 0.0271. The highest BCUT2D eigenvalue weighted by molar-refractivity contribution is 6.42. The van der Waals surface area contributed by atoms with Gasteiger partial charge in [0.1, 0.15) is 0 Å². The predicted octanol–water partition coefficient (Wildman–Crippen LogP) is 3.39. The molecule has 0 aromatic heterocycles. The molecule has 0 radical (unpaired) electrons. The second kappa shape index (κ2) is 5.79. The highest BCUT2D eigenvalue weighted by atomic mass is 35.5. The average Bonchev–Trinajstić information content (AvgIpc) is 2.33. The topological polar surface area (TPSA) is 32.3 Å². The molecule has 0 spiro atoms. The molecule has 2 atom stereocenters. The van der Waals surface area contributed by atoms with Crippen molar-refractivity contribution in [1.82, 2.24) is 5.32 Å². The monoisotopic (exact) mass is 287 g/mol. The van der Waals surface area contributed by atoms with E-state index in [4.69, 9.17) is 23.2 Å². The van der Waals surface area contributed by atoms with Crippen LogP contribution in [-0.4, -0.2) is 24.8 Å². The van der Waals surface area contributed by atoms with Crippen LogP contribution in [0.4, 0.5) is 0 Å². The van der Waals surface area contributed by atoms with Crippen LogP contribution in [0.25, 0.3) is 0 Å². The van der Waals surface area contributed by atoms with Gasteiger partial charge in [-0.3, -0.25) is 0 Å². The van der Waals surface area contributed by atoms with Crippen molar-refractivity contribution < 1.29 is 5.11 Å². The minimum Gasteiger partial charge on any atom is -0.393 e. The summed E-state index contributed by atoms with van der Waals surface area (Å²) in [5.41, 5.74) is 1.14. The second-order valence-corrected chi connectivity index (χ2v) is 6.00. The van der Waals surface area contributed by atoms with Crippen LogP contribution in [0.1, 0.15) is 31.2 Å². The third-order valence-corrected chi connectivity index (χ3v) is 4.61. The van der Waals surface area contributed by atoms with E-state index >= 15 is 0 Å². The molecule has 4 heteroatoms. The Bertz CT molecular complexity index is 420. The normalized spacial score (nSPS) is 28.3. The summed E-state index contributed by atoms with van der Waals surface area (Å²) in [6, 6.07) is 5.82. The van der Waals surface area contributed by atoms with Crippen molar-refractivity contribution in [3.63, 3.8) is 0 Å². The van der Waals surface area contributed by atoms with E-state index in [9.17, 15) is 5.11 Å². The van der Waals surface area contributed by atoms with Gasteiger partial charge in [-0.1, -0.05) is 29.3 Å². The van der Waals surface area contributed by atoms with Gasteiger partial charge < -0.3 is 10.4 Å². The number of nitrogens with one attached hydrogen (secondary N) is 1. The molecule has 0 aliphatic heterocycles. The van der Waals surface area contributed by atoms with Gasteiger partial charge in [0, 0.05) is 12.0 Å². The van der Waals surface area contributed by atoms with Crippen molar-refractivity contribution in [2.45, 2.75) is 37.2 Å². The summed E-state index contributed by atoms with van der Waals surface area (Å²) in [5, 5.41) is 14.4. The first kappa shape index (κ1) is 14.1. The largest absolute Gasteiger partial charge is 0.393 e. The fourth-order valence-electron chi connectivity index (χ4n) is 3.02. The molecule has 1 aromatic rings. The number of aliphatic hydroxyl groups is 1. The first-order valence-electron chi connectivity index (χ1n) is 6.35. The van der Waals surface area contributed by atoms with Gasteiger partial charge in [-0.15, -0.1) is 0 Å². The Kier molecular flexibility index (Phi) is 4.54. The summed E-state index contributed by atoms with van der Waals surface area (Å²) < 4.78 is 0. The molecule has 18 heavy (non-hydrogen) atoms. The van der Waals surface area contributed by atoms with Crippen LogP contribution in [0, 0.1) is 0 Å². The van der Waals surface area contributed by atoms with E-state index < -0.39 is 0 Å². The van der Waals surface area contributed by atoms with E-state index in [0.717, 1.165) is 32.2 Å². The summed E-state index contributed by atoms with van der Waals surface area (Å²) >= 11 is 12.1. The van der Waals surface area contributed by atoms with Gasteiger partial charge in [-0.05, 0) is 50.4 Å². The molecular formula is C14H19Cl2NO. The molecule has 2 rings (SSSR count). The maximum atomic E-state index is 9.97. The van der Waals surface area contributed by atoms with Crippen molar-refractivity contribution >= 4 is 23.2 Å². The summed E-state index contributed by atoms with van der Waals surface area (Å²) in [4.78, 5) is 0. The predicted molar refractivity (Wildman–Crippen MR) is 76.5 cm³/mol. The standard InChI is InChI=1S/C14H19Cl2NO/c1-17-9-14(6-2-3-11(18)8-14)10-4-5-12(15)13(16)7-10/h4-5,7,11,17-18H,2-3,6,8-9H2,1H3. The lowest BCUT2D eigenvalue weighted by Gasteiger charge is -2.40. The molecule has 100 valence electrons. The fraction of sp³-hybridized carbons (Fsp3) is 0.571. The summed E-state index contributed by atoms with van der Waals surface area (Å²) in [5.74, 6) is 0. The van der Waals surface area contributed by atoms with E-state index in [1.54, 1.807) is 0 Å². The number of halogens is 2. The third-order valence-electron chi connectivity index (χ3n) is 3.87. The molecule has 0 bridgehead atoms. The number of benzene rings is 1. The Morgan fingerprint density at radius 2 is 2.17 bits per heavy atom. The number of hydrogen-bond donors (Lipinski definition) is 2. The van der Waals surface area contributed by atoms with Crippen LogP contribution >= 0.6 is 23.2 Å². The number of rotatable bonds is 3. The first-order valence-corrected chi connectivity index (χ1v) is 7.11. The third kappa shape index (κ3) is 2.83.